The summed E-state index contributed by atoms with van der Waals surface area (Å²) in [4.78, 5) is 32.0. The molecule has 5 heteroatoms. The minimum absolute atomic E-state index is 0.0317. The molecule has 0 N–H and O–H groups in total. The topological polar surface area (TPSA) is 60.4 Å². The van der Waals surface area contributed by atoms with Gasteiger partial charge in [0.05, 0.1) is 7.11 Å². The standard InChI is InChI=1S/C9H11ClO4/c1-6(9(13)14-2)7(5-11)3-4-8(10)12/h5H,3-4H2,1-2H3/b7-6-. The zero-order valence-electron chi connectivity index (χ0n) is 8.00. The van der Waals surface area contributed by atoms with Crippen LogP contribution in [0, 0.1) is 0 Å². The highest BCUT2D eigenvalue weighted by atomic mass is 35.5. The van der Waals surface area contributed by atoms with Crippen molar-refractivity contribution in [3.63, 3.8) is 0 Å². The predicted molar refractivity (Wildman–Crippen MR) is 50.9 cm³/mol. The summed E-state index contributed by atoms with van der Waals surface area (Å²) < 4.78 is 4.43. The first-order chi connectivity index (χ1) is 6.52. The molecule has 0 amide bonds. The quantitative estimate of drug-likeness (QED) is 0.301. The smallest absolute Gasteiger partial charge is 0.333 e. The fraction of sp³-hybridized carbons (Fsp3) is 0.444. The molecule has 0 radical (unpaired) electrons. The van der Waals surface area contributed by atoms with Gasteiger partial charge in [-0.25, -0.2) is 4.79 Å². The van der Waals surface area contributed by atoms with E-state index < -0.39 is 11.2 Å². The van der Waals surface area contributed by atoms with Gasteiger partial charge in [-0.1, -0.05) is 0 Å². The summed E-state index contributed by atoms with van der Waals surface area (Å²) in [6.07, 6.45) is 0.725. The average molecular weight is 219 g/mol. The van der Waals surface area contributed by atoms with Crippen molar-refractivity contribution in [3.05, 3.63) is 11.1 Å². The lowest BCUT2D eigenvalue weighted by Crippen LogP contribution is -2.06. The number of aldehydes is 1. The van der Waals surface area contributed by atoms with E-state index in [1.54, 1.807) is 0 Å². The molecule has 0 atom stereocenters. The Morgan fingerprint density at radius 3 is 2.29 bits per heavy atom. The van der Waals surface area contributed by atoms with Gasteiger partial charge in [0.25, 0.3) is 0 Å². The molecule has 0 aliphatic heterocycles. The largest absolute Gasteiger partial charge is 0.466 e. The summed E-state index contributed by atoms with van der Waals surface area (Å²) in [5.74, 6) is -0.575. The van der Waals surface area contributed by atoms with Gasteiger partial charge in [0, 0.05) is 17.6 Å². The maximum atomic E-state index is 11.0. The number of carbonyl (C=O) groups excluding carboxylic acids is 3. The number of carbonyl (C=O) groups is 3. The molecule has 0 aromatic rings. The minimum atomic E-state index is -0.575. The summed E-state index contributed by atoms with van der Waals surface area (Å²) in [6.45, 7) is 1.47. The number of methoxy groups -OCH3 is 1. The van der Waals surface area contributed by atoms with Crippen LogP contribution in [0.2, 0.25) is 0 Å². The Hall–Kier alpha value is -1.16. The molecule has 0 bridgehead atoms. The van der Waals surface area contributed by atoms with E-state index in [2.05, 4.69) is 4.74 Å². The number of hydrogen-bond acceptors (Lipinski definition) is 4. The van der Waals surface area contributed by atoms with Crippen LogP contribution in [-0.4, -0.2) is 24.6 Å². The zero-order chi connectivity index (χ0) is 11.1. The second-order valence-electron chi connectivity index (χ2n) is 2.61. The van der Waals surface area contributed by atoms with Crippen molar-refractivity contribution >= 4 is 29.1 Å². The third-order valence-electron chi connectivity index (χ3n) is 1.71. The Balaban J connectivity index is 4.58. The fourth-order valence-electron chi connectivity index (χ4n) is 0.852. The van der Waals surface area contributed by atoms with Crippen LogP contribution in [0.4, 0.5) is 0 Å². The molecular weight excluding hydrogens is 208 g/mol. The predicted octanol–water partition coefficient (Wildman–Crippen LogP) is 1.22. The summed E-state index contributed by atoms with van der Waals surface area (Å²) in [5, 5.41) is -0.540. The molecule has 0 aliphatic rings. The lowest BCUT2D eigenvalue weighted by molar-refractivity contribution is -0.136. The van der Waals surface area contributed by atoms with Crippen molar-refractivity contribution in [1.29, 1.82) is 0 Å². The van der Waals surface area contributed by atoms with Crippen LogP contribution in [0.1, 0.15) is 19.8 Å². The first-order valence-electron chi connectivity index (χ1n) is 3.94. The highest BCUT2D eigenvalue weighted by molar-refractivity contribution is 6.63. The molecule has 0 saturated heterocycles. The van der Waals surface area contributed by atoms with Crippen LogP contribution in [0.15, 0.2) is 11.1 Å². The van der Waals surface area contributed by atoms with Gasteiger partial charge >= 0.3 is 5.97 Å². The van der Waals surface area contributed by atoms with E-state index in [1.807, 2.05) is 0 Å². The molecule has 4 nitrogen and oxygen atoms in total. The Labute approximate surface area is 86.9 Å². The lowest BCUT2D eigenvalue weighted by atomic mass is 10.1. The van der Waals surface area contributed by atoms with E-state index in [0.29, 0.717) is 6.29 Å². The molecule has 0 heterocycles. The number of halogens is 1. The normalized spacial score (nSPS) is 11.6. The summed E-state index contributed by atoms with van der Waals surface area (Å²) in [7, 11) is 1.22. The number of rotatable bonds is 5. The number of esters is 1. The maximum absolute atomic E-state index is 11.0. The molecule has 0 fully saturated rings. The van der Waals surface area contributed by atoms with Crippen LogP contribution in [0.5, 0.6) is 0 Å². The van der Waals surface area contributed by atoms with Gasteiger partial charge in [-0.05, 0) is 24.9 Å². The van der Waals surface area contributed by atoms with E-state index in [1.165, 1.54) is 14.0 Å². The van der Waals surface area contributed by atoms with Crippen LogP contribution in [0.25, 0.3) is 0 Å². The number of ether oxygens (including phenoxy) is 1. The molecule has 0 saturated carbocycles. The summed E-state index contributed by atoms with van der Waals surface area (Å²) in [5.41, 5.74) is 0.450. The SMILES string of the molecule is COC(=O)/C(C)=C(\C=O)CCC(=O)Cl. The Bertz CT molecular complexity index is 281. The van der Waals surface area contributed by atoms with Gasteiger partial charge in [0.15, 0.2) is 0 Å². The first-order valence-corrected chi connectivity index (χ1v) is 4.32. The van der Waals surface area contributed by atoms with E-state index >= 15 is 0 Å². The number of hydrogen-bond donors (Lipinski definition) is 0. The van der Waals surface area contributed by atoms with Crippen molar-refractivity contribution in [3.8, 4) is 0 Å². The van der Waals surface area contributed by atoms with Crippen LogP contribution in [0.3, 0.4) is 0 Å². The molecule has 14 heavy (non-hydrogen) atoms. The van der Waals surface area contributed by atoms with Crippen molar-refractivity contribution in [2.75, 3.05) is 7.11 Å². The van der Waals surface area contributed by atoms with E-state index in [-0.39, 0.29) is 24.0 Å². The van der Waals surface area contributed by atoms with E-state index in [9.17, 15) is 14.4 Å². The van der Waals surface area contributed by atoms with Crippen molar-refractivity contribution in [2.24, 2.45) is 0 Å². The Kier molecular flexibility index (Phi) is 5.79. The summed E-state index contributed by atoms with van der Waals surface area (Å²) >= 11 is 5.10. The van der Waals surface area contributed by atoms with Crippen molar-refractivity contribution < 1.29 is 19.1 Å². The van der Waals surface area contributed by atoms with Crippen molar-refractivity contribution in [2.45, 2.75) is 19.8 Å². The van der Waals surface area contributed by atoms with Crippen LogP contribution in [-0.2, 0) is 19.1 Å². The zero-order valence-corrected chi connectivity index (χ0v) is 8.76. The van der Waals surface area contributed by atoms with E-state index in [4.69, 9.17) is 11.6 Å². The first kappa shape index (κ1) is 12.8. The molecular formula is C9H11ClO4. The van der Waals surface area contributed by atoms with Crippen molar-refractivity contribution in [1.82, 2.24) is 0 Å². The molecule has 0 aliphatic carbocycles. The molecule has 0 aromatic carbocycles. The fourth-order valence-corrected chi connectivity index (χ4v) is 0.946. The van der Waals surface area contributed by atoms with Gasteiger partial charge in [0.2, 0.25) is 5.24 Å². The number of allylic oxidation sites excluding steroid dienone is 1. The van der Waals surface area contributed by atoms with Gasteiger partial charge in [-0.2, -0.15) is 0 Å². The summed E-state index contributed by atoms with van der Waals surface area (Å²) in [6, 6.07) is 0. The van der Waals surface area contributed by atoms with Crippen LogP contribution >= 0.6 is 11.6 Å². The van der Waals surface area contributed by atoms with Crippen LogP contribution < -0.4 is 0 Å². The minimum Gasteiger partial charge on any atom is -0.466 e. The monoisotopic (exact) mass is 218 g/mol. The highest BCUT2D eigenvalue weighted by Gasteiger charge is 2.11. The third kappa shape index (κ3) is 4.18. The van der Waals surface area contributed by atoms with E-state index in [0.717, 1.165) is 0 Å². The second-order valence-corrected chi connectivity index (χ2v) is 3.04. The van der Waals surface area contributed by atoms with Gasteiger partial charge in [0.1, 0.15) is 6.29 Å². The Morgan fingerprint density at radius 1 is 1.36 bits per heavy atom. The highest BCUT2D eigenvalue weighted by Crippen LogP contribution is 2.11. The second kappa shape index (κ2) is 6.32. The maximum Gasteiger partial charge on any atom is 0.333 e. The average Bonchev–Trinajstić information content (AvgIpc) is 2.16. The molecule has 0 aromatic heterocycles. The molecule has 78 valence electrons. The molecule has 0 rings (SSSR count). The Morgan fingerprint density at radius 2 is 1.93 bits per heavy atom. The van der Waals surface area contributed by atoms with Gasteiger partial charge in [-0.15, -0.1) is 0 Å². The molecule has 0 unspecified atom stereocenters. The lowest BCUT2D eigenvalue weighted by Gasteiger charge is -2.02. The van der Waals surface area contributed by atoms with Gasteiger partial charge in [-0.3, -0.25) is 9.59 Å². The third-order valence-corrected chi connectivity index (χ3v) is 1.90. The molecule has 0 spiro atoms. The van der Waals surface area contributed by atoms with Gasteiger partial charge < -0.3 is 4.74 Å².